The highest BCUT2D eigenvalue weighted by Crippen LogP contribution is 2.26. The summed E-state index contributed by atoms with van der Waals surface area (Å²) in [4.78, 5) is 2.30. The maximum Gasteiger partial charge on any atom is 0.119 e. The van der Waals surface area contributed by atoms with Crippen molar-refractivity contribution in [3.05, 3.63) is 29.8 Å². The molecule has 2 atom stereocenters. The van der Waals surface area contributed by atoms with E-state index >= 15 is 0 Å². The molecule has 2 nitrogen and oxygen atoms in total. The van der Waals surface area contributed by atoms with E-state index in [-0.39, 0.29) is 12.4 Å². The molecule has 1 aromatic carbocycles. The summed E-state index contributed by atoms with van der Waals surface area (Å²) in [5, 5.41) is 0. The van der Waals surface area contributed by atoms with Gasteiger partial charge in [0, 0.05) is 6.04 Å². The van der Waals surface area contributed by atoms with Crippen LogP contribution in [0.4, 0.5) is 0 Å². The molecule has 1 aromatic rings. The van der Waals surface area contributed by atoms with E-state index in [2.05, 4.69) is 50.2 Å². The predicted octanol–water partition coefficient (Wildman–Crippen LogP) is 3.67. The third-order valence-electron chi connectivity index (χ3n) is 3.64. The maximum absolute atomic E-state index is 6.14. The molecule has 0 bridgehead atoms. The smallest absolute Gasteiger partial charge is 0.119 e. The zero-order valence-electron chi connectivity index (χ0n) is 11.6. The fourth-order valence-electron chi connectivity index (χ4n) is 2.60. The first-order chi connectivity index (χ1) is 8.16. The second-order valence-corrected chi connectivity index (χ2v) is 5.28. The largest absolute Gasteiger partial charge is 0.489 e. The topological polar surface area (TPSA) is 12.5 Å². The SMILES string of the molecule is Cc1ccc(OC2CCCCC2N(C)C)cc1.Cl. The number of ether oxygens (including phenoxy) is 1. The number of halogens is 1. The molecule has 0 heterocycles. The van der Waals surface area contributed by atoms with Crippen LogP contribution in [0.25, 0.3) is 0 Å². The first-order valence-electron chi connectivity index (χ1n) is 6.56. The van der Waals surface area contributed by atoms with E-state index in [0.29, 0.717) is 12.1 Å². The Morgan fingerprint density at radius 3 is 2.28 bits per heavy atom. The molecule has 0 spiro atoms. The minimum Gasteiger partial charge on any atom is -0.489 e. The van der Waals surface area contributed by atoms with Crippen molar-refractivity contribution in [2.75, 3.05) is 14.1 Å². The second-order valence-electron chi connectivity index (χ2n) is 5.28. The Kier molecular flexibility index (Phi) is 5.97. The van der Waals surface area contributed by atoms with Crippen LogP contribution in [0.15, 0.2) is 24.3 Å². The first kappa shape index (κ1) is 15.3. The summed E-state index contributed by atoms with van der Waals surface area (Å²) in [7, 11) is 4.31. The molecule has 2 rings (SSSR count). The normalized spacial score (nSPS) is 23.6. The third kappa shape index (κ3) is 3.89. The van der Waals surface area contributed by atoms with E-state index in [1.807, 2.05) is 0 Å². The molecule has 1 saturated carbocycles. The Hall–Kier alpha value is -0.730. The van der Waals surface area contributed by atoms with Crippen molar-refractivity contribution in [3.8, 4) is 5.75 Å². The van der Waals surface area contributed by atoms with Crippen molar-refractivity contribution in [2.45, 2.75) is 44.8 Å². The molecule has 18 heavy (non-hydrogen) atoms. The predicted molar refractivity (Wildman–Crippen MR) is 78.8 cm³/mol. The van der Waals surface area contributed by atoms with E-state index in [1.54, 1.807) is 0 Å². The van der Waals surface area contributed by atoms with E-state index in [4.69, 9.17) is 4.74 Å². The minimum atomic E-state index is 0. The van der Waals surface area contributed by atoms with E-state index < -0.39 is 0 Å². The van der Waals surface area contributed by atoms with Crippen LogP contribution in [0, 0.1) is 6.92 Å². The monoisotopic (exact) mass is 269 g/mol. The van der Waals surface area contributed by atoms with Crippen LogP contribution in [-0.2, 0) is 0 Å². The average molecular weight is 270 g/mol. The Morgan fingerprint density at radius 1 is 1.06 bits per heavy atom. The van der Waals surface area contributed by atoms with Crippen LogP contribution in [0.1, 0.15) is 31.2 Å². The van der Waals surface area contributed by atoms with Gasteiger partial charge in [0.15, 0.2) is 0 Å². The lowest BCUT2D eigenvalue weighted by Gasteiger charge is -2.36. The fraction of sp³-hybridized carbons (Fsp3) is 0.600. The van der Waals surface area contributed by atoms with Crippen LogP contribution in [-0.4, -0.2) is 31.1 Å². The van der Waals surface area contributed by atoms with Crippen molar-refractivity contribution in [2.24, 2.45) is 0 Å². The number of likely N-dealkylation sites (N-methyl/N-ethyl adjacent to an activating group) is 1. The van der Waals surface area contributed by atoms with Crippen LogP contribution < -0.4 is 4.74 Å². The van der Waals surface area contributed by atoms with Crippen molar-refractivity contribution >= 4 is 12.4 Å². The van der Waals surface area contributed by atoms with Crippen LogP contribution in [0.3, 0.4) is 0 Å². The van der Waals surface area contributed by atoms with Crippen molar-refractivity contribution < 1.29 is 4.74 Å². The zero-order chi connectivity index (χ0) is 12.3. The Balaban J connectivity index is 0.00000162. The average Bonchev–Trinajstić information content (AvgIpc) is 2.32. The van der Waals surface area contributed by atoms with Gasteiger partial charge in [0.05, 0.1) is 0 Å². The van der Waals surface area contributed by atoms with Gasteiger partial charge in [0.2, 0.25) is 0 Å². The Bertz CT molecular complexity index is 350. The minimum absolute atomic E-state index is 0. The number of hydrogen-bond donors (Lipinski definition) is 0. The Labute approximate surface area is 117 Å². The number of nitrogens with zero attached hydrogens (tertiary/aromatic N) is 1. The lowest BCUT2D eigenvalue weighted by molar-refractivity contribution is 0.0623. The van der Waals surface area contributed by atoms with Crippen molar-refractivity contribution in [3.63, 3.8) is 0 Å². The molecular formula is C15H24ClNO. The van der Waals surface area contributed by atoms with E-state index in [1.165, 1.54) is 31.2 Å². The second kappa shape index (κ2) is 7.01. The molecule has 102 valence electrons. The molecule has 1 aliphatic rings. The van der Waals surface area contributed by atoms with Crippen LogP contribution in [0.5, 0.6) is 5.75 Å². The molecule has 1 aliphatic carbocycles. The van der Waals surface area contributed by atoms with Gasteiger partial charge >= 0.3 is 0 Å². The Morgan fingerprint density at radius 2 is 1.67 bits per heavy atom. The lowest BCUT2D eigenvalue weighted by atomic mass is 9.91. The zero-order valence-corrected chi connectivity index (χ0v) is 12.4. The van der Waals surface area contributed by atoms with Crippen molar-refractivity contribution in [1.82, 2.24) is 4.90 Å². The number of rotatable bonds is 3. The molecule has 0 amide bonds. The molecule has 0 aliphatic heterocycles. The summed E-state index contributed by atoms with van der Waals surface area (Å²) in [5.41, 5.74) is 1.28. The van der Waals surface area contributed by atoms with Gasteiger partial charge in [-0.2, -0.15) is 0 Å². The van der Waals surface area contributed by atoms with Gasteiger partial charge in [0.25, 0.3) is 0 Å². The standard InChI is InChI=1S/C15H23NO.ClH/c1-12-8-10-13(11-9-12)17-15-7-5-4-6-14(15)16(2)3;/h8-11,14-15H,4-7H2,1-3H3;1H. The summed E-state index contributed by atoms with van der Waals surface area (Å²) >= 11 is 0. The lowest BCUT2D eigenvalue weighted by Crippen LogP contribution is -2.44. The number of benzene rings is 1. The maximum atomic E-state index is 6.14. The summed E-state index contributed by atoms with van der Waals surface area (Å²) in [6.07, 6.45) is 5.40. The molecule has 3 heteroatoms. The molecule has 1 fully saturated rings. The van der Waals surface area contributed by atoms with Crippen molar-refractivity contribution in [1.29, 1.82) is 0 Å². The van der Waals surface area contributed by atoms with Gasteiger partial charge in [-0.1, -0.05) is 24.1 Å². The fourth-order valence-corrected chi connectivity index (χ4v) is 2.60. The molecule has 0 N–H and O–H groups in total. The van der Waals surface area contributed by atoms with Crippen LogP contribution >= 0.6 is 12.4 Å². The summed E-state index contributed by atoms with van der Waals surface area (Å²) in [6.45, 7) is 2.10. The summed E-state index contributed by atoms with van der Waals surface area (Å²) in [6, 6.07) is 8.95. The highest BCUT2D eigenvalue weighted by molar-refractivity contribution is 5.85. The molecule has 2 unspecified atom stereocenters. The molecule has 0 radical (unpaired) electrons. The molecule has 0 saturated heterocycles. The van der Waals surface area contributed by atoms with E-state index in [9.17, 15) is 0 Å². The summed E-state index contributed by atoms with van der Waals surface area (Å²) < 4.78 is 6.14. The molecular weight excluding hydrogens is 246 g/mol. The highest BCUT2D eigenvalue weighted by atomic mass is 35.5. The van der Waals surface area contributed by atoms with Gasteiger partial charge in [0.1, 0.15) is 11.9 Å². The third-order valence-corrected chi connectivity index (χ3v) is 3.64. The highest BCUT2D eigenvalue weighted by Gasteiger charge is 2.28. The van der Waals surface area contributed by atoms with Gasteiger partial charge < -0.3 is 9.64 Å². The molecule has 0 aromatic heterocycles. The first-order valence-corrected chi connectivity index (χ1v) is 6.56. The van der Waals surface area contributed by atoms with Gasteiger partial charge in [-0.25, -0.2) is 0 Å². The van der Waals surface area contributed by atoms with Crippen LogP contribution in [0.2, 0.25) is 0 Å². The van der Waals surface area contributed by atoms with E-state index in [0.717, 1.165) is 5.75 Å². The van der Waals surface area contributed by atoms with Gasteiger partial charge in [-0.05, 0) is 52.4 Å². The number of hydrogen-bond acceptors (Lipinski definition) is 2. The number of aryl methyl sites for hydroxylation is 1. The van der Waals surface area contributed by atoms with Gasteiger partial charge in [-0.3, -0.25) is 0 Å². The summed E-state index contributed by atoms with van der Waals surface area (Å²) in [5.74, 6) is 1.01. The quantitative estimate of drug-likeness (QED) is 0.830. The van der Waals surface area contributed by atoms with Gasteiger partial charge in [-0.15, -0.1) is 12.4 Å².